The summed E-state index contributed by atoms with van der Waals surface area (Å²) in [5, 5.41) is 9.64. The highest BCUT2D eigenvalue weighted by Crippen LogP contribution is 2.32. The molecule has 0 aliphatic carbocycles. The van der Waals surface area contributed by atoms with Crippen molar-refractivity contribution in [1.29, 1.82) is 0 Å². The average Bonchev–Trinajstić information content (AvgIpc) is 3.33. The fourth-order valence-corrected chi connectivity index (χ4v) is 5.89. The Kier molecular flexibility index (Phi) is 10.4. The van der Waals surface area contributed by atoms with Crippen LogP contribution in [0.4, 0.5) is 5.82 Å². The van der Waals surface area contributed by atoms with Gasteiger partial charge < -0.3 is 24.2 Å². The van der Waals surface area contributed by atoms with Crippen molar-refractivity contribution in [3.8, 4) is 22.8 Å². The Morgan fingerprint density at radius 3 is 2.38 bits per heavy atom. The quantitative estimate of drug-likeness (QED) is 0.207. The van der Waals surface area contributed by atoms with E-state index in [0.717, 1.165) is 23.4 Å². The zero-order chi connectivity index (χ0) is 31.9. The van der Waals surface area contributed by atoms with Crippen LogP contribution in [0, 0.1) is 0 Å². The van der Waals surface area contributed by atoms with Crippen molar-refractivity contribution in [2.45, 2.75) is 19.4 Å². The fourth-order valence-electron chi connectivity index (χ4n) is 5.40. The van der Waals surface area contributed by atoms with E-state index in [2.05, 4.69) is 15.1 Å². The Hall–Kier alpha value is -4.34. The Morgan fingerprint density at radius 2 is 1.69 bits per heavy atom. The lowest BCUT2D eigenvalue weighted by Gasteiger charge is -2.32. The van der Waals surface area contributed by atoms with Gasteiger partial charge >= 0.3 is 0 Å². The van der Waals surface area contributed by atoms with E-state index in [1.165, 1.54) is 6.07 Å². The molecule has 9 nitrogen and oxygen atoms in total. The van der Waals surface area contributed by atoms with Crippen LogP contribution >= 0.6 is 23.2 Å². The summed E-state index contributed by atoms with van der Waals surface area (Å²) in [7, 11) is 3.21. The second-order valence-corrected chi connectivity index (χ2v) is 11.6. The number of carbonyl (C=O) groups is 2. The molecular formula is C34H35Cl2N5O4. The van der Waals surface area contributed by atoms with E-state index in [1.807, 2.05) is 72.5 Å². The summed E-state index contributed by atoms with van der Waals surface area (Å²) in [6.45, 7) is 4.17. The Bertz CT molecular complexity index is 1640. The molecule has 45 heavy (non-hydrogen) atoms. The number of anilines is 1. The fraction of sp³-hybridized carbons (Fsp3) is 0.294. The van der Waals surface area contributed by atoms with Crippen LogP contribution in [-0.4, -0.2) is 78.8 Å². The van der Waals surface area contributed by atoms with Gasteiger partial charge in [-0.15, -0.1) is 10.2 Å². The van der Waals surface area contributed by atoms with Crippen molar-refractivity contribution < 1.29 is 19.1 Å². The molecule has 0 radical (unpaired) electrons. The number of halogens is 2. The normalized spacial score (nSPS) is 14.0. The SMILES string of the molecule is COc1ccc(-c2ccc(N3CCCN(C(=O)CN(C(=O)c4ccc(Cl)cc4Cl)[C@@H](C)c4ccccc4)CC3)nn2)c(OC)c1. The van der Waals surface area contributed by atoms with E-state index in [-0.39, 0.29) is 29.4 Å². The van der Waals surface area contributed by atoms with Crippen LogP contribution in [-0.2, 0) is 4.79 Å². The third-order valence-electron chi connectivity index (χ3n) is 7.99. The second-order valence-electron chi connectivity index (χ2n) is 10.7. The molecule has 234 valence electrons. The summed E-state index contributed by atoms with van der Waals surface area (Å²) in [5.74, 6) is 1.60. The molecule has 2 amide bonds. The van der Waals surface area contributed by atoms with Crippen molar-refractivity contribution in [2.75, 3.05) is 51.8 Å². The standard InChI is InChI=1S/C34H35Cl2N5O4/c1-23(24-8-5-4-6-9-24)41(34(43)27-12-10-25(35)20-29(27)36)22-33(42)40-17-7-16-39(18-19-40)32-15-14-30(37-38-32)28-13-11-26(44-2)21-31(28)45-3/h4-6,8-15,20-21,23H,7,16-19,22H2,1-3H3/t23-/m0/s1. The number of amides is 2. The number of carbonyl (C=O) groups excluding carboxylic acids is 2. The van der Waals surface area contributed by atoms with E-state index in [1.54, 1.807) is 31.3 Å². The molecule has 0 bridgehead atoms. The summed E-state index contributed by atoms with van der Waals surface area (Å²) >= 11 is 12.5. The molecular weight excluding hydrogens is 613 g/mol. The third-order valence-corrected chi connectivity index (χ3v) is 8.53. The molecule has 1 aliphatic rings. The van der Waals surface area contributed by atoms with Crippen LogP contribution in [0.3, 0.4) is 0 Å². The van der Waals surface area contributed by atoms with Gasteiger partial charge in [0.05, 0.1) is 36.5 Å². The number of hydrogen-bond acceptors (Lipinski definition) is 7. The Labute approximate surface area is 273 Å². The van der Waals surface area contributed by atoms with Crippen molar-refractivity contribution in [2.24, 2.45) is 0 Å². The highest BCUT2D eigenvalue weighted by molar-refractivity contribution is 6.36. The molecule has 1 atom stereocenters. The number of aromatic nitrogens is 2. The van der Waals surface area contributed by atoms with Crippen LogP contribution in [0.25, 0.3) is 11.3 Å². The maximum atomic E-state index is 13.8. The minimum atomic E-state index is -0.365. The molecule has 1 fully saturated rings. The molecule has 1 aliphatic heterocycles. The summed E-state index contributed by atoms with van der Waals surface area (Å²) in [6, 6.07) is 23.4. The zero-order valence-corrected chi connectivity index (χ0v) is 27.0. The van der Waals surface area contributed by atoms with Gasteiger partial charge in [0.15, 0.2) is 5.82 Å². The maximum Gasteiger partial charge on any atom is 0.256 e. The first-order chi connectivity index (χ1) is 21.8. The summed E-state index contributed by atoms with van der Waals surface area (Å²) in [6.07, 6.45) is 0.743. The van der Waals surface area contributed by atoms with Gasteiger partial charge in [0.1, 0.15) is 18.0 Å². The molecule has 4 aromatic rings. The molecule has 0 N–H and O–H groups in total. The van der Waals surface area contributed by atoms with Crippen LogP contribution in [0.5, 0.6) is 11.5 Å². The van der Waals surface area contributed by atoms with Gasteiger partial charge in [0.2, 0.25) is 5.91 Å². The molecule has 11 heteroatoms. The topological polar surface area (TPSA) is 88.1 Å². The summed E-state index contributed by atoms with van der Waals surface area (Å²) in [4.78, 5) is 33.1. The molecule has 1 aromatic heterocycles. The van der Waals surface area contributed by atoms with Gasteiger partial charge in [0, 0.05) is 42.8 Å². The van der Waals surface area contributed by atoms with E-state index < -0.39 is 0 Å². The molecule has 5 rings (SSSR count). The van der Waals surface area contributed by atoms with Crippen molar-refractivity contribution in [3.63, 3.8) is 0 Å². The van der Waals surface area contributed by atoms with Crippen LogP contribution in [0.2, 0.25) is 10.0 Å². The van der Waals surface area contributed by atoms with Gasteiger partial charge in [-0.05, 0) is 61.4 Å². The van der Waals surface area contributed by atoms with Crippen LogP contribution in [0.15, 0.2) is 78.9 Å². The highest BCUT2D eigenvalue weighted by atomic mass is 35.5. The van der Waals surface area contributed by atoms with Gasteiger partial charge in [-0.3, -0.25) is 9.59 Å². The molecule has 0 saturated carbocycles. The smallest absolute Gasteiger partial charge is 0.256 e. The van der Waals surface area contributed by atoms with Gasteiger partial charge in [-0.2, -0.15) is 0 Å². The van der Waals surface area contributed by atoms with Crippen molar-refractivity contribution in [3.05, 3.63) is 100 Å². The lowest BCUT2D eigenvalue weighted by atomic mass is 10.1. The van der Waals surface area contributed by atoms with E-state index in [0.29, 0.717) is 54.0 Å². The summed E-state index contributed by atoms with van der Waals surface area (Å²) in [5.41, 5.74) is 2.71. The van der Waals surface area contributed by atoms with Gasteiger partial charge in [0.25, 0.3) is 5.91 Å². The monoisotopic (exact) mass is 647 g/mol. The van der Waals surface area contributed by atoms with Crippen molar-refractivity contribution >= 4 is 40.8 Å². The molecule has 3 aromatic carbocycles. The first kappa shape index (κ1) is 32.1. The first-order valence-electron chi connectivity index (χ1n) is 14.7. The molecule has 0 unspecified atom stereocenters. The largest absolute Gasteiger partial charge is 0.497 e. The molecule has 0 spiro atoms. The third kappa shape index (κ3) is 7.49. The first-order valence-corrected chi connectivity index (χ1v) is 15.4. The Morgan fingerprint density at radius 1 is 0.889 bits per heavy atom. The van der Waals surface area contributed by atoms with Gasteiger partial charge in [-0.1, -0.05) is 53.5 Å². The van der Waals surface area contributed by atoms with E-state index >= 15 is 0 Å². The predicted octanol–water partition coefficient (Wildman–Crippen LogP) is 6.41. The Balaban J connectivity index is 1.29. The van der Waals surface area contributed by atoms with Crippen LogP contribution < -0.4 is 14.4 Å². The summed E-state index contributed by atoms with van der Waals surface area (Å²) < 4.78 is 10.8. The van der Waals surface area contributed by atoms with Gasteiger partial charge in [-0.25, -0.2) is 0 Å². The number of methoxy groups -OCH3 is 2. The number of rotatable bonds is 9. The zero-order valence-electron chi connectivity index (χ0n) is 25.5. The lowest BCUT2D eigenvalue weighted by molar-refractivity contribution is -0.132. The van der Waals surface area contributed by atoms with Crippen molar-refractivity contribution in [1.82, 2.24) is 20.0 Å². The highest BCUT2D eigenvalue weighted by Gasteiger charge is 2.29. The number of benzene rings is 3. The average molecular weight is 649 g/mol. The number of ether oxygens (including phenoxy) is 2. The second kappa shape index (κ2) is 14.6. The van der Waals surface area contributed by atoms with Crippen LogP contribution in [0.1, 0.15) is 35.3 Å². The lowest BCUT2D eigenvalue weighted by Crippen LogP contribution is -2.45. The van der Waals surface area contributed by atoms with E-state index in [9.17, 15) is 9.59 Å². The van der Waals surface area contributed by atoms with E-state index in [4.69, 9.17) is 32.7 Å². The minimum absolute atomic E-state index is 0.0912. The maximum absolute atomic E-state index is 13.8. The predicted molar refractivity (Wildman–Crippen MR) is 176 cm³/mol. The number of nitrogens with zero attached hydrogens (tertiary/aromatic N) is 5. The molecule has 2 heterocycles. The molecule has 1 saturated heterocycles. The number of hydrogen-bond donors (Lipinski definition) is 0. The minimum Gasteiger partial charge on any atom is -0.497 e.